The maximum Gasteiger partial charge on any atom is 0.240 e. The van der Waals surface area contributed by atoms with E-state index in [1.807, 2.05) is 31.2 Å². The van der Waals surface area contributed by atoms with Gasteiger partial charge in [0, 0.05) is 13.1 Å². The standard InChI is InChI=1S/C14H20N2O3/c1-10-13(15-6-7-19-10)14(17)16-9-11-4-3-5-12(8-11)18-2/h3-5,8,10,13,15H,6-7,9H2,1-2H3,(H,16,17)/t10-,13+/m1/s1. The molecular weight excluding hydrogens is 244 g/mol. The number of carbonyl (C=O) groups is 1. The molecule has 2 atom stereocenters. The molecule has 0 unspecified atom stereocenters. The van der Waals surface area contributed by atoms with Crippen LogP contribution in [-0.2, 0) is 16.1 Å². The largest absolute Gasteiger partial charge is 0.497 e. The van der Waals surface area contributed by atoms with Crippen molar-refractivity contribution < 1.29 is 14.3 Å². The molecule has 0 aliphatic carbocycles. The SMILES string of the molecule is COc1cccc(CNC(=O)[C@H]2NCCO[C@@H]2C)c1. The zero-order valence-electron chi connectivity index (χ0n) is 11.3. The second-order valence-corrected chi connectivity index (χ2v) is 4.58. The molecule has 0 bridgehead atoms. The van der Waals surface area contributed by atoms with E-state index in [1.54, 1.807) is 7.11 Å². The van der Waals surface area contributed by atoms with Crippen molar-refractivity contribution in [2.45, 2.75) is 25.6 Å². The number of morpholine rings is 1. The van der Waals surface area contributed by atoms with E-state index >= 15 is 0 Å². The van der Waals surface area contributed by atoms with Crippen LogP contribution in [0.4, 0.5) is 0 Å². The van der Waals surface area contributed by atoms with Crippen molar-refractivity contribution in [3.8, 4) is 5.75 Å². The van der Waals surface area contributed by atoms with Crippen molar-refractivity contribution in [1.29, 1.82) is 0 Å². The van der Waals surface area contributed by atoms with Crippen LogP contribution in [0.25, 0.3) is 0 Å². The van der Waals surface area contributed by atoms with Gasteiger partial charge in [0.2, 0.25) is 5.91 Å². The van der Waals surface area contributed by atoms with E-state index in [9.17, 15) is 4.79 Å². The quantitative estimate of drug-likeness (QED) is 0.840. The molecule has 1 aromatic carbocycles. The summed E-state index contributed by atoms with van der Waals surface area (Å²) in [6.07, 6.45) is -0.0981. The summed E-state index contributed by atoms with van der Waals surface area (Å²) in [5.74, 6) is 0.759. The molecule has 0 spiro atoms. The van der Waals surface area contributed by atoms with Crippen molar-refractivity contribution >= 4 is 5.91 Å². The highest BCUT2D eigenvalue weighted by Crippen LogP contribution is 2.12. The minimum Gasteiger partial charge on any atom is -0.497 e. The first-order chi connectivity index (χ1) is 9.20. The molecule has 1 fully saturated rings. The fourth-order valence-electron chi connectivity index (χ4n) is 2.11. The summed E-state index contributed by atoms with van der Waals surface area (Å²) in [6.45, 7) is 3.76. The number of ether oxygens (including phenoxy) is 2. The summed E-state index contributed by atoms with van der Waals surface area (Å²) in [7, 11) is 1.63. The third-order valence-electron chi connectivity index (χ3n) is 3.20. The third kappa shape index (κ3) is 3.68. The lowest BCUT2D eigenvalue weighted by atomic mass is 10.1. The molecule has 1 amide bonds. The van der Waals surface area contributed by atoms with E-state index in [-0.39, 0.29) is 18.1 Å². The average Bonchev–Trinajstić information content (AvgIpc) is 2.45. The van der Waals surface area contributed by atoms with Crippen LogP contribution in [0, 0.1) is 0 Å². The minimum atomic E-state index is -0.278. The molecule has 5 heteroatoms. The second-order valence-electron chi connectivity index (χ2n) is 4.58. The minimum absolute atomic E-state index is 0.0324. The van der Waals surface area contributed by atoms with Gasteiger partial charge in [-0.25, -0.2) is 0 Å². The highest BCUT2D eigenvalue weighted by molar-refractivity contribution is 5.82. The van der Waals surface area contributed by atoms with E-state index in [0.717, 1.165) is 11.3 Å². The van der Waals surface area contributed by atoms with Gasteiger partial charge in [0.25, 0.3) is 0 Å². The van der Waals surface area contributed by atoms with Crippen LogP contribution >= 0.6 is 0 Å². The lowest BCUT2D eigenvalue weighted by Gasteiger charge is -2.29. The Labute approximate surface area is 113 Å². The lowest BCUT2D eigenvalue weighted by molar-refractivity contribution is -0.129. The Morgan fingerprint density at radius 1 is 1.58 bits per heavy atom. The molecule has 1 heterocycles. The summed E-state index contributed by atoms with van der Waals surface area (Å²) in [6, 6.07) is 7.37. The summed E-state index contributed by atoms with van der Waals surface area (Å²) >= 11 is 0. The Morgan fingerprint density at radius 2 is 2.42 bits per heavy atom. The predicted octanol–water partition coefficient (Wildman–Crippen LogP) is 0.688. The molecule has 0 radical (unpaired) electrons. The number of nitrogens with one attached hydrogen (secondary N) is 2. The summed E-state index contributed by atoms with van der Waals surface area (Å²) in [5.41, 5.74) is 1.01. The zero-order chi connectivity index (χ0) is 13.7. The van der Waals surface area contributed by atoms with Gasteiger partial charge < -0.3 is 20.1 Å². The number of hydrogen-bond donors (Lipinski definition) is 2. The molecule has 2 rings (SSSR count). The van der Waals surface area contributed by atoms with Crippen LogP contribution in [0.5, 0.6) is 5.75 Å². The predicted molar refractivity (Wildman–Crippen MR) is 72.0 cm³/mol. The van der Waals surface area contributed by atoms with E-state index in [0.29, 0.717) is 19.7 Å². The molecule has 1 saturated heterocycles. The van der Waals surface area contributed by atoms with Crippen LogP contribution in [-0.4, -0.2) is 38.3 Å². The fourth-order valence-corrected chi connectivity index (χ4v) is 2.11. The molecular formula is C14H20N2O3. The molecule has 104 valence electrons. The van der Waals surface area contributed by atoms with Gasteiger partial charge in [-0.1, -0.05) is 12.1 Å². The number of carbonyl (C=O) groups excluding carboxylic acids is 1. The van der Waals surface area contributed by atoms with E-state index < -0.39 is 0 Å². The van der Waals surface area contributed by atoms with Crippen LogP contribution < -0.4 is 15.4 Å². The first kappa shape index (κ1) is 13.8. The Balaban J connectivity index is 1.88. The molecule has 19 heavy (non-hydrogen) atoms. The molecule has 0 aromatic heterocycles. The Hall–Kier alpha value is -1.59. The Bertz CT molecular complexity index is 436. The molecule has 1 aromatic rings. The van der Waals surface area contributed by atoms with Gasteiger partial charge in [-0.15, -0.1) is 0 Å². The monoisotopic (exact) mass is 264 g/mol. The lowest BCUT2D eigenvalue weighted by Crippen LogP contribution is -2.55. The van der Waals surface area contributed by atoms with E-state index in [1.165, 1.54) is 0 Å². The first-order valence-electron chi connectivity index (χ1n) is 6.46. The van der Waals surface area contributed by atoms with Crippen LogP contribution in [0.1, 0.15) is 12.5 Å². The van der Waals surface area contributed by atoms with Gasteiger partial charge in [0.1, 0.15) is 11.8 Å². The van der Waals surface area contributed by atoms with Crippen LogP contribution in [0.3, 0.4) is 0 Å². The topological polar surface area (TPSA) is 59.6 Å². The van der Waals surface area contributed by atoms with Crippen LogP contribution in [0.2, 0.25) is 0 Å². The smallest absolute Gasteiger partial charge is 0.240 e. The maximum atomic E-state index is 12.1. The number of methoxy groups -OCH3 is 1. The summed E-state index contributed by atoms with van der Waals surface area (Å²) in [4.78, 5) is 12.1. The number of hydrogen-bond acceptors (Lipinski definition) is 4. The van der Waals surface area contributed by atoms with Gasteiger partial charge in [-0.3, -0.25) is 4.79 Å². The van der Waals surface area contributed by atoms with Gasteiger partial charge in [-0.05, 0) is 24.6 Å². The molecule has 1 aliphatic heterocycles. The van der Waals surface area contributed by atoms with Gasteiger partial charge in [0.15, 0.2) is 0 Å². The number of benzene rings is 1. The van der Waals surface area contributed by atoms with Crippen molar-refractivity contribution in [2.24, 2.45) is 0 Å². The van der Waals surface area contributed by atoms with Gasteiger partial charge >= 0.3 is 0 Å². The Morgan fingerprint density at radius 3 is 3.16 bits per heavy atom. The molecule has 2 N–H and O–H groups in total. The fraction of sp³-hybridized carbons (Fsp3) is 0.500. The third-order valence-corrected chi connectivity index (χ3v) is 3.20. The first-order valence-corrected chi connectivity index (χ1v) is 6.46. The highest BCUT2D eigenvalue weighted by Gasteiger charge is 2.27. The van der Waals surface area contributed by atoms with Crippen molar-refractivity contribution in [3.05, 3.63) is 29.8 Å². The van der Waals surface area contributed by atoms with Crippen molar-refractivity contribution in [2.75, 3.05) is 20.3 Å². The highest BCUT2D eigenvalue weighted by atomic mass is 16.5. The van der Waals surface area contributed by atoms with Gasteiger partial charge in [-0.2, -0.15) is 0 Å². The van der Waals surface area contributed by atoms with Gasteiger partial charge in [0.05, 0.1) is 19.8 Å². The number of rotatable bonds is 4. The second kappa shape index (κ2) is 6.54. The summed E-state index contributed by atoms with van der Waals surface area (Å²) < 4.78 is 10.6. The Kier molecular flexibility index (Phi) is 4.76. The van der Waals surface area contributed by atoms with E-state index in [2.05, 4.69) is 10.6 Å². The summed E-state index contributed by atoms with van der Waals surface area (Å²) in [5, 5.41) is 6.08. The average molecular weight is 264 g/mol. The number of amides is 1. The van der Waals surface area contributed by atoms with E-state index in [4.69, 9.17) is 9.47 Å². The van der Waals surface area contributed by atoms with Crippen molar-refractivity contribution in [1.82, 2.24) is 10.6 Å². The molecule has 5 nitrogen and oxygen atoms in total. The molecule has 0 saturated carbocycles. The van der Waals surface area contributed by atoms with Crippen molar-refractivity contribution in [3.63, 3.8) is 0 Å². The zero-order valence-corrected chi connectivity index (χ0v) is 11.3. The van der Waals surface area contributed by atoms with Crippen LogP contribution in [0.15, 0.2) is 24.3 Å². The molecule has 1 aliphatic rings. The maximum absolute atomic E-state index is 12.1. The normalized spacial score (nSPS) is 22.8.